The van der Waals surface area contributed by atoms with E-state index in [0.29, 0.717) is 12.1 Å². The Morgan fingerprint density at radius 1 is 1.33 bits per heavy atom. The van der Waals surface area contributed by atoms with Gasteiger partial charge in [0.05, 0.1) is 0 Å². The SMILES string of the molecule is CCCCC(N)CN(CC1CC1)C(C)C. The van der Waals surface area contributed by atoms with Gasteiger partial charge in [-0.05, 0) is 39.0 Å². The van der Waals surface area contributed by atoms with Crippen molar-refractivity contribution in [1.82, 2.24) is 4.90 Å². The Morgan fingerprint density at radius 3 is 2.47 bits per heavy atom. The molecular weight excluding hydrogens is 184 g/mol. The quantitative estimate of drug-likeness (QED) is 0.670. The Balaban J connectivity index is 2.22. The summed E-state index contributed by atoms with van der Waals surface area (Å²) >= 11 is 0. The number of rotatable bonds is 8. The summed E-state index contributed by atoms with van der Waals surface area (Å²) in [5.74, 6) is 0.978. The summed E-state index contributed by atoms with van der Waals surface area (Å²) in [5.41, 5.74) is 6.15. The highest BCUT2D eigenvalue weighted by molar-refractivity contribution is 4.80. The van der Waals surface area contributed by atoms with Crippen LogP contribution in [0.3, 0.4) is 0 Å². The van der Waals surface area contributed by atoms with Gasteiger partial charge in [-0.2, -0.15) is 0 Å². The van der Waals surface area contributed by atoms with Crippen molar-refractivity contribution in [1.29, 1.82) is 0 Å². The van der Waals surface area contributed by atoms with Crippen LogP contribution in [0.25, 0.3) is 0 Å². The van der Waals surface area contributed by atoms with E-state index in [2.05, 4.69) is 25.7 Å². The molecule has 1 rings (SSSR count). The predicted molar refractivity (Wildman–Crippen MR) is 66.9 cm³/mol. The first-order valence-electron chi connectivity index (χ1n) is 6.63. The summed E-state index contributed by atoms with van der Waals surface area (Å²) in [6.07, 6.45) is 6.60. The largest absolute Gasteiger partial charge is 0.327 e. The molecule has 1 aliphatic rings. The molecule has 0 spiro atoms. The predicted octanol–water partition coefficient (Wildman–Crippen LogP) is 2.62. The van der Waals surface area contributed by atoms with Crippen LogP contribution in [0.1, 0.15) is 52.9 Å². The molecule has 0 aliphatic heterocycles. The molecule has 1 unspecified atom stereocenters. The highest BCUT2D eigenvalue weighted by atomic mass is 15.2. The molecule has 0 aromatic heterocycles. The van der Waals surface area contributed by atoms with Gasteiger partial charge in [0.2, 0.25) is 0 Å². The lowest BCUT2D eigenvalue weighted by molar-refractivity contribution is 0.196. The molecule has 1 fully saturated rings. The molecule has 0 saturated heterocycles. The van der Waals surface area contributed by atoms with Gasteiger partial charge in [0.15, 0.2) is 0 Å². The van der Waals surface area contributed by atoms with Crippen LogP contribution in [0, 0.1) is 5.92 Å². The van der Waals surface area contributed by atoms with Crippen LogP contribution >= 0.6 is 0 Å². The molecule has 0 amide bonds. The van der Waals surface area contributed by atoms with E-state index in [-0.39, 0.29) is 0 Å². The molecule has 2 nitrogen and oxygen atoms in total. The number of hydrogen-bond acceptors (Lipinski definition) is 2. The summed E-state index contributed by atoms with van der Waals surface area (Å²) in [6.45, 7) is 9.17. The van der Waals surface area contributed by atoms with Crippen molar-refractivity contribution in [2.45, 2.75) is 65.0 Å². The van der Waals surface area contributed by atoms with Crippen molar-refractivity contribution in [3.63, 3.8) is 0 Å². The Morgan fingerprint density at radius 2 is 2.00 bits per heavy atom. The highest BCUT2D eigenvalue weighted by Crippen LogP contribution is 2.30. The van der Waals surface area contributed by atoms with E-state index in [9.17, 15) is 0 Å². The Bertz CT molecular complexity index is 164. The third kappa shape index (κ3) is 5.53. The van der Waals surface area contributed by atoms with Gasteiger partial charge in [-0.3, -0.25) is 4.90 Å². The number of nitrogens with zero attached hydrogens (tertiary/aromatic N) is 1. The van der Waals surface area contributed by atoms with Crippen LogP contribution in [0.4, 0.5) is 0 Å². The molecule has 0 aromatic rings. The first-order valence-corrected chi connectivity index (χ1v) is 6.63. The van der Waals surface area contributed by atoms with Gasteiger partial charge in [0.1, 0.15) is 0 Å². The van der Waals surface area contributed by atoms with Crippen molar-refractivity contribution in [3.8, 4) is 0 Å². The fraction of sp³-hybridized carbons (Fsp3) is 1.00. The maximum Gasteiger partial charge on any atom is 0.0167 e. The van der Waals surface area contributed by atoms with Crippen LogP contribution in [0.2, 0.25) is 0 Å². The summed E-state index contributed by atoms with van der Waals surface area (Å²) in [6, 6.07) is 1.03. The van der Waals surface area contributed by atoms with E-state index in [4.69, 9.17) is 5.73 Å². The minimum Gasteiger partial charge on any atom is -0.327 e. The lowest BCUT2D eigenvalue weighted by Gasteiger charge is -2.29. The summed E-state index contributed by atoms with van der Waals surface area (Å²) in [5, 5.41) is 0. The normalized spacial score (nSPS) is 18.8. The van der Waals surface area contributed by atoms with E-state index in [0.717, 1.165) is 12.5 Å². The summed E-state index contributed by atoms with van der Waals surface area (Å²) in [4.78, 5) is 2.57. The van der Waals surface area contributed by atoms with Gasteiger partial charge in [-0.1, -0.05) is 19.8 Å². The average Bonchev–Trinajstić information content (AvgIpc) is 2.97. The maximum atomic E-state index is 6.15. The van der Waals surface area contributed by atoms with Crippen molar-refractivity contribution < 1.29 is 0 Å². The first kappa shape index (κ1) is 13.0. The van der Waals surface area contributed by atoms with Crippen LogP contribution in [0.15, 0.2) is 0 Å². The van der Waals surface area contributed by atoms with Gasteiger partial charge in [0, 0.05) is 25.2 Å². The van der Waals surface area contributed by atoms with E-state index >= 15 is 0 Å². The molecule has 1 saturated carbocycles. The average molecular weight is 212 g/mol. The molecule has 1 atom stereocenters. The first-order chi connectivity index (χ1) is 7.13. The Labute approximate surface area is 95.2 Å². The lowest BCUT2D eigenvalue weighted by atomic mass is 10.1. The summed E-state index contributed by atoms with van der Waals surface area (Å²) < 4.78 is 0. The second-order valence-electron chi connectivity index (χ2n) is 5.39. The van der Waals surface area contributed by atoms with Gasteiger partial charge in [-0.15, -0.1) is 0 Å². The fourth-order valence-electron chi connectivity index (χ4n) is 1.99. The molecule has 15 heavy (non-hydrogen) atoms. The van der Waals surface area contributed by atoms with Crippen molar-refractivity contribution in [2.24, 2.45) is 11.7 Å². The van der Waals surface area contributed by atoms with Crippen molar-refractivity contribution in [2.75, 3.05) is 13.1 Å². The van der Waals surface area contributed by atoms with E-state index in [1.807, 2.05) is 0 Å². The van der Waals surface area contributed by atoms with Gasteiger partial charge in [0.25, 0.3) is 0 Å². The van der Waals surface area contributed by atoms with E-state index in [1.165, 1.54) is 38.6 Å². The smallest absolute Gasteiger partial charge is 0.0167 e. The lowest BCUT2D eigenvalue weighted by Crippen LogP contribution is -2.42. The monoisotopic (exact) mass is 212 g/mol. The zero-order chi connectivity index (χ0) is 11.3. The number of hydrogen-bond donors (Lipinski definition) is 1. The third-order valence-corrected chi connectivity index (χ3v) is 3.32. The fourth-order valence-corrected chi connectivity index (χ4v) is 1.99. The third-order valence-electron chi connectivity index (χ3n) is 3.32. The van der Waals surface area contributed by atoms with Crippen molar-refractivity contribution in [3.05, 3.63) is 0 Å². The minimum absolute atomic E-state index is 0.381. The molecule has 0 heterocycles. The standard InChI is InChI=1S/C13H28N2/c1-4-5-6-13(14)10-15(11(2)3)9-12-7-8-12/h11-13H,4-10,14H2,1-3H3. The summed E-state index contributed by atoms with van der Waals surface area (Å²) in [7, 11) is 0. The second-order valence-corrected chi connectivity index (χ2v) is 5.39. The Kier molecular flexibility index (Phi) is 5.62. The molecule has 0 radical (unpaired) electrons. The zero-order valence-corrected chi connectivity index (χ0v) is 10.7. The number of unbranched alkanes of at least 4 members (excludes halogenated alkanes) is 1. The highest BCUT2D eigenvalue weighted by Gasteiger charge is 2.26. The maximum absolute atomic E-state index is 6.15. The van der Waals surface area contributed by atoms with Crippen LogP contribution < -0.4 is 5.73 Å². The minimum atomic E-state index is 0.381. The number of nitrogens with two attached hydrogens (primary N) is 1. The van der Waals surface area contributed by atoms with Crippen LogP contribution in [-0.2, 0) is 0 Å². The molecular formula is C13H28N2. The zero-order valence-electron chi connectivity index (χ0n) is 10.7. The van der Waals surface area contributed by atoms with Gasteiger partial charge >= 0.3 is 0 Å². The molecule has 0 aromatic carbocycles. The van der Waals surface area contributed by atoms with E-state index in [1.54, 1.807) is 0 Å². The van der Waals surface area contributed by atoms with E-state index < -0.39 is 0 Å². The topological polar surface area (TPSA) is 29.3 Å². The molecule has 2 heteroatoms. The van der Waals surface area contributed by atoms with Crippen LogP contribution in [-0.4, -0.2) is 30.1 Å². The second kappa shape index (κ2) is 6.49. The van der Waals surface area contributed by atoms with Crippen molar-refractivity contribution >= 4 is 0 Å². The molecule has 1 aliphatic carbocycles. The molecule has 0 bridgehead atoms. The van der Waals surface area contributed by atoms with Gasteiger partial charge in [-0.25, -0.2) is 0 Å². The molecule has 90 valence electrons. The van der Waals surface area contributed by atoms with Crippen LogP contribution in [0.5, 0.6) is 0 Å². The van der Waals surface area contributed by atoms with Gasteiger partial charge < -0.3 is 5.73 Å². The molecule has 2 N–H and O–H groups in total. The Hall–Kier alpha value is -0.0800.